The van der Waals surface area contributed by atoms with Crippen LogP contribution in [0.5, 0.6) is 0 Å². The van der Waals surface area contributed by atoms with Crippen LogP contribution in [0.1, 0.15) is 49.4 Å². The third kappa shape index (κ3) is 2.25. The van der Waals surface area contributed by atoms with E-state index in [1.165, 1.54) is 25.5 Å². The third-order valence-corrected chi connectivity index (χ3v) is 3.60. The lowest BCUT2D eigenvalue weighted by atomic mass is 9.86. The first-order valence-electron chi connectivity index (χ1n) is 6.38. The van der Waals surface area contributed by atoms with Crippen LogP contribution in [0.4, 0.5) is 5.82 Å². The van der Waals surface area contributed by atoms with Gasteiger partial charge in [-0.1, -0.05) is 25.3 Å². The van der Waals surface area contributed by atoms with Crippen LogP contribution in [0.15, 0.2) is 12.3 Å². The van der Waals surface area contributed by atoms with Gasteiger partial charge in [0.25, 0.3) is 0 Å². The fourth-order valence-electron chi connectivity index (χ4n) is 2.66. The van der Waals surface area contributed by atoms with Crippen LogP contribution in [0.3, 0.4) is 0 Å². The third-order valence-electron chi connectivity index (χ3n) is 3.60. The van der Waals surface area contributed by atoms with Crippen molar-refractivity contribution in [1.29, 1.82) is 0 Å². The number of carboxylic acids is 1. The standard InChI is InChI=1S/C13H19N3O2/c1-2-11(9-6-4-3-5-7-9)16-12(14)10(8-15-16)13(17)18/h2,8-9H,3-7,14H2,1H3,(H,17,18)/b11-2-. The lowest BCUT2D eigenvalue weighted by Crippen LogP contribution is -2.16. The van der Waals surface area contributed by atoms with Gasteiger partial charge in [-0.25, -0.2) is 9.48 Å². The Hall–Kier alpha value is -1.78. The normalized spacial score (nSPS) is 17.9. The summed E-state index contributed by atoms with van der Waals surface area (Å²) in [5, 5.41) is 13.1. The van der Waals surface area contributed by atoms with Crippen molar-refractivity contribution in [2.75, 3.05) is 5.73 Å². The number of aromatic nitrogens is 2. The van der Waals surface area contributed by atoms with Gasteiger partial charge in [-0.05, 0) is 19.8 Å². The van der Waals surface area contributed by atoms with Crippen LogP contribution < -0.4 is 5.73 Å². The van der Waals surface area contributed by atoms with Crippen molar-refractivity contribution in [2.45, 2.75) is 39.0 Å². The van der Waals surface area contributed by atoms with E-state index in [1.807, 2.05) is 13.0 Å². The average Bonchev–Trinajstić information content (AvgIpc) is 2.74. The minimum absolute atomic E-state index is 0.0742. The summed E-state index contributed by atoms with van der Waals surface area (Å²) in [4.78, 5) is 11.0. The Bertz CT molecular complexity index is 471. The van der Waals surface area contributed by atoms with Crippen molar-refractivity contribution in [2.24, 2.45) is 5.92 Å². The van der Waals surface area contributed by atoms with Gasteiger partial charge in [0.05, 0.1) is 6.20 Å². The molecule has 0 aromatic carbocycles. The molecular weight excluding hydrogens is 230 g/mol. The van der Waals surface area contributed by atoms with Gasteiger partial charge in [0.2, 0.25) is 0 Å². The highest BCUT2D eigenvalue weighted by Crippen LogP contribution is 2.33. The first-order valence-corrected chi connectivity index (χ1v) is 6.38. The summed E-state index contributed by atoms with van der Waals surface area (Å²) >= 11 is 0. The SMILES string of the molecule is C/C=C(/C1CCCCC1)n1ncc(C(=O)O)c1N. The molecule has 0 bridgehead atoms. The quantitative estimate of drug-likeness (QED) is 0.862. The molecule has 1 fully saturated rings. The Morgan fingerprint density at radius 1 is 1.50 bits per heavy atom. The highest BCUT2D eigenvalue weighted by atomic mass is 16.4. The Morgan fingerprint density at radius 3 is 2.67 bits per heavy atom. The van der Waals surface area contributed by atoms with Crippen LogP contribution in [0, 0.1) is 5.92 Å². The molecule has 18 heavy (non-hydrogen) atoms. The fraction of sp³-hybridized carbons (Fsp3) is 0.538. The zero-order valence-electron chi connectivity index (χ0n) is 10.6. The zero-order chi connectivity index (χ0) is 13.1. The monoisotopic (exact) mass is 249 g/mol. The fourth-order valence-corrected chi connectivity index (χ4v) is 2.66. The van der Waals surface area contributed by atoms with Crippen LogP contribution in [-0.2, 0) is 0 Å². The molecule has 5 nitrogen and oxygen atoms in total. The second-order valence-corrected chi connectivity index (χ2v) is 4.71. The first kappa shape index (κ1) is 12.7. The zero-order valence-corrected chi connectivity index (χ0v) is 10.6. The maximum Gasteiger partial charge on any atom is 0.341 e. The molecule has 3 N–H and O–H groups in total. The van der Waals surface area contributed by atoms with Crippen molar-refractivity contribution in [1.82, 2.24) is 9.78 Å². The number of aromatic carboxylic acids is 1. The second kappa shape index (κ2) is 5.25. The second-order valence-electron chi connectivity index (χ2n) is 4.71. The molecule has 0 spiro atoms. The van der Waals surface area contributed by atoms with E-state index in [2.05, 4.69) is 5.10 Å². The number of carboxylic acid groups (broad SMARTS) is 1. The molecule has 0 saturated heterocycles. The lowest BCUT2D eigenvalue weighted by Gasteiger charge is -2.24. The highest BCUT2D eigenvalue weighted by molar-refractivity contribution is 5.93. The van der Waals surface area contributed by atoms with Gasteiger partial charge in [0, 0.05) is 11.6 Å². The van der Waals surface area contributed by atoms with Crippen LogP contribution in [-0.4, -0.2) is 20.9 Å². The molecule has 0 atom stereocenters. The van der Waals surface area contributed by atoms with Gasteiger partial charge in [-0.2, -0.15) is 5.10 Å². The Kier molecular flexibility index (Phi) is 3.69. The molecule has 98 valence electrons. The Labute approximate surface area is 106 Å². The number of anilines is 1. The number of carbonyl (C=O) groups is 1. The molecular formula is C13H19N3O2. The summed E-state index contributed by atoms with van der Waals surface area (Å²) in [6.07, 6.45) is 9.28. The van der Waals surface area contributed by atoms with Crippen LogP contribution in [0.25, 0.3) is 5.70 Å². The number of hydrogen-bond donors (Lipinski definition) is 2. The highest BCUT2D eigenvalue weighted by Gasteiger charge is 2.23. The molecule has 1 aromatic rings. The minimum Gasteiger partial charge on any atom is -0.477 e. The lowest BCUT2D eigenvalue weighted by molar-refractivity contribution is 0.0698. The van der Waals surface area contributed by atoms with Crippen molar-refractivity contribution < 1.29 is 9.90 Å². The van der Waals surface area contributed by atoms with E-state index in [4.69, 9.17) is 10.8 Å². The number of nitrogen functional groups attached to an aromatic ring is 1. The molecule has 2 rings (SSSR count). The van der Waals surface area contributed by atoms with E-state index in [0.29, 0.717) is 5.92 Å². The molecule has 0 radical (unpaired) electrons. The summed E-state index contributed by atoms with van der Waals surface area (Å²) in [6, 6.07) is 0. The molecule has 1 aromatic heterocycles. The van der Waals surface area contributed by atoms with Crippen LogP contribution >= 0.6 is 0 Å². The molecule has 1 aliphatic rings. The van der Waals surface area contributed by atoms with E-state index in [9.17, 15) is 4.79 Å². The van der Waals surface area contributed by atoms with E-state index < -0.39 is 5.97 Å². The van der Waals surface area contributed by atoms with Gasteiger partial charge in [-0.3, -0.25) is 0 Å². The molecule has 0 amide bonds. The summed E-state index contributed by atoms with van der Waals surface area (Å²) in [5.41, 5.74) is 6.97. The topological polar surface area (TPSA) is 81.1 Å². The minimum atomic E-state index is -1.03. The van der Waals surface area contributed by atoms with Crippen molar-refractivity contribution in [3.05, 3.63) is 17.8 Å². The van der Waals surface area contributed by atoms with Crippen molar-refractivity contribution in [3.63, 3.8) is 0 Å². The Morgan fingerprint density at radius 2 is 2.17 bits per heavy atom. The summed E-state index contributed by atoms with van der Waals surface area (Å²) < 4.78 is 1.58. The number of allylic oxidation sites excluding steroid dienone is 2. The van der Waals surface area contributed by atoms with Gasteiger partial charge >= 0.3 is 5.97 Å². The van der Waals surface area contributed by atoms with E-state index in [1.54, 1.807) is 4.68 Å². The maximum absolute atomic E-state index is 11.0. The molecule has 1 heterocycles. The van der Waals surface area contributed by atoms with Gasteiger partial charge in [0.1, 0.15) is 11.4 Å². The van der Waals surface area contributed by atoms with Gasteiger partial charge in [-0.15, -0.1) is 0 Å². The summed E-state index contributed by atoms with van der Waals surface area (Å²) in [5.74, 6) is -0.369. The average molecular weight is 249 g/mol. The molecule has 1 aliphatic carbocycles. The maximum atomic E-state index is 11.0. The summed E-state index contributed by atoms with van der Waals surface area (Å²) in [7, 11) is 0. The number of nitrogens with zero attached hydrogens (tertiary/aromatic N) is 2. The number of nitrogens with two attached hydrogens (primary N) is 1. The number of hydrogen-bond acceptors (Lipinski definition) is 3. The van der Waals surface area contributed by atoms with Crippen LogP contribution in [0.2, 0.25) is 0 Å². The van der Waals surface area contributed by atoms with Gasteiger partial charge < -0.3 is 10.8 Å². The predicted octanol–water partition coefficient (Wildman–Crippen LogP) is 2.60. The smallest absolute Gasteiger partial charge is 0.341 e. The van der Waals surface area contributed by atoms with Crippen molar-refractivity contribution >= 4 is 17.5 Å². The van der Waals surface area contributed by atoms with E-state index >= 15 is 0 Å². The van der Waals surface area contributed by atoms with Gasteiger partial charge in [0.15, 0.2) is 0 Å². The van der Waals surface area contributed by atoms with E-state index in [0.717, 1.165) is 18.5 Å². The number of rotatable bonds is 3. The molecule has 5 heteroatoms. The predicted molar refractivity (Wildman–Crippen MR) is 70.1 cm³/mol. The molecule has 1 saturated carbocycles. The van der Waals surface area contributed by atoms with E-state index in [-0.39, 0.29) is 11.4 Å². The molecule has 0 aliphatic heterocycles. The first-order chi connectivity index (χ1) is 8.65. The Balaban J connectivity index is 2.30. The summed E-state index contributed by atoms with van der Waals surface area (Å²) in [6.45, 7) is 1.95. The largest absolute Gasteiger partial charge is 0.477 e. The molecule has 0 unspecified atom stereocenters. The van der Waals surface area contributed by atoms with Crippen molar-refractivity contribution in [3.8, 4) is 0 Å².